The molecular weight excluding hydrogens is 235 g/mol. The summed E-state index contributed by atoms with van der Waals surface area (Å²) in [5, 5.41) is 0. The first-order valence-corrected chi connectivity index (χ1v) is 5.48. The number of rotatable bonds is 3. The number of carbonyl (C=O) groups is 1. The van der Waals surface area contributed by atoms with Crippen LogP contribution in [0.1, 0.15) is 21.9 Å². The molecule has 0 aromatic carbocycles. The number of hydrogen-bond donors (Lipinski definition) is 0. The van der Waals surface area contributed by atoms with Crippen LogP contribution in [0, 0.1) is 12.9 Å². The molecule has 18 heavy (non-hydrogen) atoms. The average Bonchev–Trinajstić information content (AvgIpc) is 2.73. The third-order valence-electron chi connectivity index (χ3n) is 2.51. The summed E-state index contributed by atoms with van der Waals surface area (Å²) in [7, 11) is 1.64. The first kappa shape index (κ1) is 12.3. The Balaban J connectivity index is 2.09. The Bertz CT molecular complexity index is 566. The minimum atomic E-state index is -0.664. The van der Waals surface area contributed by atoms with E-state index < -0.39 is 5.95 Å². The second kappa shape index (κ2) is 5.00. The molecule has 0 saturated carbocycles. The van der Waals surface area contributed by atoms with E-state index in [1.165, 1.54) is 17.2 Å². The van der Waals surface area contributed by atoms with Gasteiger partial charge < -0.3 is 9.32 Å². The number of aromatic nitrogens is 1. The van der Waals surface area contributed by atoms with Crippen LogP contribution in [0.25, 0.3) is 0 Å². The summed E-state index contributed by atoms with van der Waals surface area (Å²) >= 11 is 0. The van der Waals surface area contributed by atoms with Crippen molar-refractivity contribution in [3.8, 4) is 0 Å². The Morgan fingerprint density at radius 1 is 1.44 bits per heavy atom. The van der Waals surface area contributed by atoms with Gasteiger partial charge in [0.05, 0.1) is 6.54 Å². The van der Waals surface area contributed by atoms with Gasteiger partial charge in [-0.3, -0.25) is 4.79 Å². The van der Waals surface area contributed by atoms with Crippen molar-refractivity contribution in [1.82, 2.24) is 9.88 Å². The van der Waals surface area contributed by atoms with E-state index in [1.807, 2.05) is 19.1 Å². The van der Waals surface area contributed by atoms with Crippen LogP contribution in [-0.4, -0.2) is 22.8 Å². The van der Waals surface area contributed by atoms with Gasteiger partial charge in [0.2, 0.25) is 5.95 Å². The topological polar surface area (TPSA) is 46.3 Å². The van der Waals surface area contributed by atoms with E-state index in [1.54, 1.807) is 7.05 Å². The molecule has 1 amide bonds. The molecule has 5 heteroatoms. The number of furan rings is 1. The first-order chi connectivity index (χ1) is 8.56. The Labute approximate surface area is 104 Å². The fourth-order valence-corrected chi connectivity index (χ4v) is 1.63. The lowest BCUT2D eigenvalue weighted by molar-refractivity contribution is 0.0774. The lowest BCUT2D eigenvalue weighted by Gasteiger charge is -2.15. The molecule has 94 valence electrons. The fraction of sp³-hybridized carbons (Fsp3) is 0.231. The predicted octanol–water partition coefficient (Wildman–Crippen LogP) is 2.39. The highest BCUT2D eigenvalue weighted by Crippen LogP contribution is 2.11. The Kier molecular flexibility index (Phi) is 3.41. The van der Waals surface area contributed by atoms with Gasteiger partial charge in [0, 0.05) is 24.9 Å². The summed E-state index contributed by atoms with van der Waals surface area (Å²) in [6, 6.07) is 6.24. The van der Waals surface area contributed by atoms with Crippen molar-refractivity contribution in [2.24, 2.45) is 0 Å². The van der Waals surface area contributed by atoms with Gasteiger partial charge in [-0.25, -0.2) is 4.98 Å². The summed E-state index contributed by atoms with van der Waals surface area (Å²) < 4.78 is 18.3. The number of amides is 1. The third kappa shape index (κ3) is 2.74. The zero-order valence-electron chi connectivity index (χ0n) is 10.2. The maximum Gasteiger partial charge on any atom is 0.254 e. The number of aryl methyl sites for hydroxylation is 1. The first-order valence-electron chi connectivity index (χ1n) is 5.48. The van der Waals surface area contributed by atoms with E-state index in [0.29, 0.717) is 12.3 Å². The van der Waals surface area contributed by atoms with Crippen molar-refractivity contribution >= 4 is 5.91 Å². The molecule has 0 N–H and O–H groups in total. The summed E-state index contributed by atoms with van der Waals surface area (Å²) in [5.74, 6) is 0.548. The number of nitrogens with zero attached hydrogens (tertiary/aromatic N) is 2. The zero-order chi connectivity index (χ0) is 13.1. The third-order valence-corrected chi connectivity index (χ3v) is 2.51. The Morgan fingerprint density at radius 2 is 2.22 bits per heavy atom. The normalized spacial score (nSPS) is 10.4. The van der Waals surface area contributed by atoms with Crippen molar-refractivity contribution in [3.05, 3.63) is 53.5 Å². The molecule has 0 unspecified atom stereocenters. The minimum absolute atomic E-state index is 0.272. The van der Waals surface area contributed by atoms with Crippen LogP contribution < -0.4 is 0 Å². The molecule has 2 aromatic heterocycles. The Hall–Kier alpha value is -2.17. The molecule has 0 bridgehead atoms. The van der Waals surface area contributed by atoms with Crippen LogP contribution >= 0.6 is 0 Å². The summed E-state index contributed by atoms with van der Waals surface area (Å²) in [5.41, 5.74) is 0.272. The molecule has 0 atom stereocenters. The molecule has 0 aliphatic carbocycles. The molecule has 0 radical (unpaired) electrons. The highest BCUT2D eigenvalue weighted by Gasteiger charge is 2.14. The van der Waals surface area contributed by atoms with Gasteiger partial charge in [0.25, 0.3) is 5.91 Å². The van der Waals surface area contributed by atoms with Gasteiger partial charge in [-0.15, -0.1) is 0 Å². The number of pyridine rings is 1. The summed E-state index contributed by atoms with van der Waals surface area (Å²) in [6.45, 7) is 2.18. The van der Waals surface area contributed by atoms with Gasteiger partial charge in [-0.2, -0.15) is 4.39 Å². The van der Waals surface area contributed by atoms with Crippen molar-refractivity contribution in [1.29, 1.82) is 0 Å². The van der Waals surface area contributed by atoms with E-state index in [0.717, 1.165) is 11.8 Å². The molecule has 2 aromatic rings. The number of halogens is 1. The van der Waals surface area contributed by atoms with Crippen LogP contribution in [0.15, 0.2) is 34.9 Å². The fourth-order valence-electron chi connectivity index (χ4n) is 1.63. The second-order valence-corrected chi connectivity index (χ2v) is 4.04. The van der Waals surface area contributed by atoms with E-state index >= 15 is 0 Å². The lowest BCUT2D eigenvalue weighted by Crippen LogP contribution is -2.26. The molecular formula is C13H13FN2O2. The maximum atomic E-state index is 12.9. The molecule has 0 aliphatic heterocycles. The Morgan fingerprint density at radius 3 is 2.83 bits per heavy atom. The highest BCUT2D eigenvalue weighted by atomic mass is 19.1. The standard InChI is InChI=1S/C13H13FN2O2/c1-9-3-4-11(18-9)8-16(2)13(17)10-5-6-15-12(14)7-10/h3-7H,8H2,1-2H3. The molecule has 0 aliphatic rings. The van der Waals surface area contributed by atoms with Crippen LogP contribution in [0.3, 0.4) is 0 Å². The molecule has 0 spiro atoms. The summed E-state index contributed by atoms with van der Waals surface area (Å²) in [6.07, 6.45) is 1.27. The van der Waals surface area contributed by atoms with Crippen LogP contribution in [0.4, 0.5) is 4.39 Å². The summed E-state index contributed by atoms with van der Waals surface area (Å²) in [4.78, 5) is 16.9. The average molecular weight is 248 g/mol. The van der Waals surface area contributed by atoms with Gasteiger partial charge in [-0.1, -0.05) is 0 Å². The largest absolute Gasteiger partial charge is 0.464 e. The van der Waals surface area contributed by atoms with Crippen molar-refractivity contribution < 1.29 is 13.6 Å². The number of hydrogen-bond acceptors (Lipinski definition) is 3. The lowest BCUT2D eigenvalue weighted by atomic mass is 10.2. The van der Waals surface area contributed by atoms with Crippen molar-refractivity contribution in [3.63, 3.8) is 0 Å². The smallest absolute Gasteiger partial charge is 0.254 e. The minimum Gasteiger partial charge on any atom is -0.464 e. The van der Waals surface area contributed by atoms with Crippen molar-refractivity contribution in [2.45, 2.75) is 13.5 Å². The maximum absolute atomic E-state index is 12.9. The molecule has 0 saturated heterocycles. The zero-order valence-corrected chi connectivity index (χ0v) is 10.2. The number of carbonyl (C=O) groups excluding carboxylic acids is 1. The van der Waals surface area contributed by atoms with Gasteiger partial charge in [0.15, 0.2) is 0 Å². The molecule has 4 nitrogen and oxygen atoms in total. The quantitative estimate of drug-likeness (QED) is 0.783. The van der Waals surface area contributed by atoms with Gasteiger partial charge >= 0.3 is 0 Å². The van der Waals surface area contributed by atoms with Crippen molar-refractivity contribution in [2.75, 3.05) is 7.05 Å². The second-order valence-electron chi connectivity index (χ2n) is 4.04. The molecule has 2 heterocycles. The van der Waals surface area contributed by atoms with E-state index in [4.69, 9.17) is 4.42 Å². The predicted molar refractivity (Wildman–Crippen MR) is 63.4 cm³/mol. The van der Waals surface area contributed by atoms with Crippen LogP contribution in [-0.2, 0) is 6.54 Å². The van der Waals surface area contributed by atoms with Crippen LogP contribution in [0.5, 0.6) is 0 Å². The van der Waals surface area contributed by atoms with Gasteiger partial charge in [0.1, 0.15) is 11.5 Å². The van der Waals surface area contributed by atoms with E-state index in [2.05, 4.69) is 4.98 Å². The monoisotopic (exact) mass is 248 g/mol. The van der Waals surface area contributed by atoms with E-state index in [-0.39, 0.29) is 11.5 Å². The SMILES string of the molecule is Cc1ccc(CN(C)C(=O)c2ccnc(F)c2)o1. The van der Waals surface area contributed by atoms with Crippen LogP contribution in [0.2, 0.25) is 0 Å². The van der Waals surface area contributed by atoms with Gasteiger partial charge in [-0.05, 0) is 25.1 Å². The molecule has 0 fully saturated rings. The molecule has 2 rings (SSSR count). The highest BCUT2D eigenvalue weighted by molar-refractivity contribution is 5.93. The van der Waals surface area contributed by atoms with E-state index in [9.17, 15) is 9.18 Å².